The van der Waals surface area contributed by atoms with Crippen LogP contribution in [0.5, 0.6) is 0 Å². The van der Waals surface area contributed by atoms with Crippen molar-refractivity contribution in [2.45, 2.75) is 0 Å². The fourth-order valence-electron chi connectivity index (χ4n) is 1.98. The summed E-state index contributed by atoms with van der Waals surface area (Å²) in [6.07, 6.45) is 4.35. The highest BCUT2D eigenvalue weighted by molar-refractivity contribution is 6.30. The van der Waals surface area contributed by atoms with E-state index in [1.54, 1.807) is 6.20 Å². The predicted octanol–water partition coefficient (Wildman–Crippen LogP) is 4.07. The normalized spacial score (nSPS) is 11.0. The Bertz CT molecular complexity index is 911. The highest BCUT2D eigenvalue weighted by atomic mass is 35.5. The van der Waals surface area contributed by atoms with Crippen molar-refractivity contribution in [3.8, 4) is 0 Å². The first-order valence-corrected chi connectivity index (χ1v) is 7.15. The molecule has 0 spiro atoms. The molecule has 0 fully saturated rings. The van der Waals surface area contributed by atoms with E-state index in [-0.39, 0.29) is 10.7 Å². The zero-order valence-electron chi connectivity index (χ0n) is 11.8. The van der Waals surface area contributed by atoms with E-state index in [9.17, 15) is 9.18 Å². The third kappa shape index (κ3) is 3.70. The number of anilines is 1. The third-order valence-electron chi connectivity index (χ3n) is 3.06. The predicted molar refractivity (Wildman–Crippen MR) is 88.6 cm³/mol. The van der Waals surface area contributed by atoms with Crippen molar-refractivity contribution in [1.82, 2.24) is 9.97 Å². The molecule has 4 nitrogen and oxygen atoms in total. The van der Waals surface area contributed by atoms with Crippen LogP contribution in [0.4, 0.5) is 10.1 Å². The number of benzene rings is 2. The fourth-order valence-corrected chi connectivity index (χ4v) is 2.14. The lowest BCUT2D eigenvalue weighted by Crippen LogP contribution is -2.09. The number of aromatic nitrogens is 2. The van der Waals surface area contributed by atoms with Gasteiger partial charge in [0.25, 0.3) is 0 Å². The van der Waals surface area contributed by atoms with Crippen LogP contribution >= 0.6 is 11.6 Å². The largest absolute Gasteiger partial charge is 0.320 e. The Morgan fingerprint density at radius 1 is 1.17 bits per heavy atom. The molecule has 3 aromatic rings. The molecule has 0 aliphatic heterocycles. The zero-order valence-corrected chi connectivity index (χ0v) is 12.6. The molecule has 0 atom stereocenters. The van der Waals surface area contributed by atoms with E-state index >= 15 is 0 Å². The number of carbonyl (C=O) groups excluding carboxylic acids is 1. The van der Waals surface area contributed by atoms with Gasteiger partial charge < -0.3 is 5.32 Å². The first-order valence-electron chi connectivity index (χ1n) is 6.78. The molecule has 0 saturated carbocycles. The van der Waals surface area contributed by atoms with Crippen molar-refractivity contribution < 1.29 is 9.18 Å². The van der Waals surface area contributed by atoms with Crippen molar-refractivity contribution in [2.24, 2.45) is 0 Å². The van der Waals surface area contributed by atoms with Gasteiger partial charge in [-0.3, -0.25) is 9.78 Å². The Kier molecular flexibility index (Phi) is 4.30. The second kappa shape index (κ2) is 6.54. The topological polar surface area (TPSA) is 54.9 Å². The van der Waals surface area contributed by atoms with Crippen LogP contribution in [0.15, 0.2) is 54.7 Å². The maximum atomic E-state index is 13.6. The van der Waals surface area contributed by atoms with Gasteiger partial charge in [0.15, 0.2) is 0 Å². The molecule has 0 saturated heterocycles. The molecule has 1 N–H and O–H groups in total. The maximum absolute atomic E-state index is 13.6. The SMILES string of the molecule is O=C(/C=C/c1cnc2ccccc2n1)Nc1ccc(Cl)cc1F. The summed E-state index contributed by atoms with van der Waals surface area (Å²) in [5.74, 6) is -1.06. The van der Waals surface area contributed by atoms with Gasteiger partial charge in [-0.2, -0.15) is 0 Å². The first kappa shape index (κ1) is 15.1. The van der Waals surface area contributed by atoms with Gasteiger partial charge in [0, 0.05) is 11.1 Å². The summed E-state index contributed by atoms with van der Waals surface area (Å²) in [6, 6.07) is 11.5. The molecule has 114 valence electrons. The number of halogens is 2. The number of hydrogen-bond donors (Lipinski definition) is 1. The highest BCUT2D eigenvalue weighted by Gasteiger charge is 2.05. The minimum atomic E-state index is -0.593. The van der Waals surface area contributed by atoms with Gasteiger partial charge in [0.1, 0.15) is 5.82 Å². The van der Waals surface area contributed by atoms with Gasteiger partial charge in [-0.25, -0.2) is 9.37 Å². The Labute approximate surface area is 136 Å². The monoisotopic (exact) mass is 327 g/mol. The van der Waals surface area contributed by atoms with Crippen molar-refractivity contribution in [3.05, 3.63) is 71.3 Å². The van der Waals surface area contributed by atoms with Gasteiger partial charge in [-0.1, -0.05) is 23.7 Å². The van der Waals surface area contributed by atoms with Crippen LogP contribution in [-0.4, -0.2) is 15.9 Å². The van der Waals surface area contributed by atoms with E-state index in [1.165, 1.54) is 24.3 Å². The summed E-state index contributed by atoms with van der Waals surface area (Å²) in [4.78, 5) is 20.5. The molecule has 3 rings (SSSR count). The molecule has 0 unspecified atom stereocenters. The van der Waals surface area contributed by atoms with Crippen LogP contribution in [0.3, 0.4) is 0 Å². The molecule has 0 aliphatic carbocycles. The number of carbonyl (C=O) groups is 1. The number of nitrogens with zero attached hydrogens (tertiary/aromatic N) is 2. The second-order valence-electron chi connectivity index (χ2n) is 4.73. The number of fused-ring (bicyclic) bond motifs is 1. The average molecular weight is 328 g/mol. The van der Waals surface area contributed by atoms with Crippen molar-refractivity contribution in [3.63, 3.8) is 0 Å². The van der Waals surface area contributed by atoms with E-state index in [1.807, 2.05) is 24.3 Å². The van der Waals surface area contributed by atoms with E-state index in [2.05, 4.69) is 15.3 Å². The quantitative estimate of drug-likeness (QED) is 0.738. The van der Waals surface area contributed by atoms with Crippen LogP contribution in [0.2, 0.25) is 5.02 Å². The molecule has 1 heterocycles. The summed E-state index contributed by atoms with van der Waals surface area (Å²) in [5, 5.41) is 2.70. The van der Waals surface area contributed by atoms with Crippen LogP contribution in [-0.2, 0) is 4.79 Å². The van der Waals surface area contributed by atoms with E-state index < -0.39 is 11.7 Å². The van der Waals surface area contributed by atoms with Crippen LogP contribution < -0.4 is 5.32 Å². The van der Waals surface area contributed by atoms with Crippen molar-refractivity contribution in [1.29, 1.82) is 0 Å². The molecule has 23 heavy (non-hydrogen) atoms. The number of amides is 1. The van der Waals surface area contributed by atoms with Crippen LogP contribution in [0.1, 0.15) is 5.69 Å². The summed E-state index contributed by atoms with van der Waals surface area (Å²) >= 11 is 5.66. The minimum absolute atomic E-state index is 0.0636. The minimum Gasteiger partial charge on any atom is -0.320 e. The van der Waals surface area contributed by atoms with Crippen molar-refractivity contribution in [2.75, 3.05) is 5.32 Å². The zero-order chi connectivity index (χ0) is 16.2. The molecular weight excluding hydrogens is 317 g/mol. The number of hydrogen-bond acceptors (Lipinski definition) is 3. The number of rotatable bonds is 3. The summed E-state index contributed by atoms with van der Waals surface area (Å²) in [7, 11) is 0. The van der Waals surface area contributed by atoms with Gasteiger partial charge in [-0.05, 0) is 36.4 Å². The lowest BCUT2D eigenvalue weighted by Gasteiger charge is -2.03. The van der Waals surface area contributed by atoms with Crippen LogP contribution in [0.25, 0.3) is 17.1 Å². The van der Waals surface area contributed by atoms with E-state index in [0.29, 0.717) is 5.69 Å². The third-order valence-corrected chi connectivity index (χ3v) is 3.30. The molecule has 1 aromatic heterocycles. The van der Waals surface area contributed by atoms with Gasteiger partial charge in [0.05, 0.1) is 28.6 Å². The van der Waals surface area contributed by atoms with Gasteiger partial charge >= 0.3 is 0 Å². The standard InChI is InChI=1S/C17H11ClFN3O/c18-11-5-7-14(13(19)9-11)22-17(23)8-6-12-10-20-15-3-1-2-4-16(15)21-12/h1-10H,(H,22,23)/b8-6+. The molecular formula is C17H11ClFN3O. The van der Waals surface area contributed by atoms with Crippen molar-refractivity contribution >= 4 is 40.3 Å². The molecule has 6 heteroatoms. The van der Waals surface area contributed by atoms with Crippen LogP contribution in [0, 0.1) is 5.82 Å². The summed E-state index contributed by atoms with van der Waals surface area (Å²) in [6.45, 7) is 0. The molecule has 2 aromatic carbocycles. The second-order valence-corrected chi connectivity index (χ2v) is 5.17. The Balaban J connectivity index is 1.74. The Morgan fingerprint density at radius 3 is 2.74 bits per heavy atom. The Hall–Kier alpha value is -2.79. The molecule has 0 radical (unpaired) electrons. The lowest BCUT2D eigenvalue weighted by atomic mass is 10.3. The van der Waals surface area contributed by atoms with E-state index in [4.69, 9.17) is 11.6 Å². The van der Waals surface area contributed by atoms with E-state index in [0.717, 1.165) is 17.1 Å². The molecule has 0 aliphatic rings. The average Bonchev–Trinajstić information content (AvgIpc) is 2.55. The Morgan fingerprint density at radius 2 is 1.96 bits per heavy atom. The maximum Gasteiger partial charge on any atom is 0.248 e. The van der Waals surface area contributed by atoms with Gasteiger partial charge in [-0.15, -0.1) is 0 Å². The van der Waals surface area contributed by atoms with Gasteiger partial charge in [0.2, 0.25) is 5.91 Å². The lowest BCUT2D eigenvalue weighted by molar-refractivity contribution is -0.111. The number of nitrogens with one attached hydrogen (secondary N) is 1. The molecule has 0 bridgehead atoms. The number of para-hydroxylation sites is 2. The smallest absolute Gasteiger partial charge is 0.248 e. The fraction of sp³-hybridized carbons (Fsp3) is 0. The first-order chi connectivity index (χ1) is 11.1. The highest BCUT2D eigenvalue weighted by Crippen LogP contribution is 2.18. The summed E-state index contributed by atoms with van der Waals surface area (Å²) in [5.41, 5.74) is 2.11. The molecule has 1 amide bonds. The summed E-state index contributed by atoms with van der Waals surface area (Å²) < 4.78 is 13.6.